The monoisotopic (exact) mass is 309 g/mol. The van der Waals surface area contributed by atoms with Gasteiger partial charge in [-0.3, -0.25) is 0 Å². The quantitative estimate of drug-likeness (QED) is 0.809. The molecule has 2 aromatic carbocycles. The van der Waals surface area contributed by atoms with Crippen LogP contribution in [-0.4, -0.2) is 12.1 Å². The Bertz CT molecular complexity index is 694. The zero-order valence-corrected chi connectivity index (χ0v) is 13.4. The molecule has 3 rings (SSSR count). The molecule has 0 saturated carbocycles. The molecule has 0 bridgehead atoms. The van der Waals surface area contributed by atoms with Gasteiger partial charge in [-0.2, -0.15) is 0 Å². The molecule has 0 heterocycles. The fraction of sp³-hybridized carbons (Fsp3) is 0.316. The molecule has 1 aliphatic rings. The standard InChI is InChI=1S/C19H23N3O/c1-2-13-3-8-17(9-4-13)21-19(23)22-18-10-6-14-11-16(20)7-5-15(14)12-18/h3-4,6,8-10,12,16H,2,5,7,11,20H2,1H3,(H2,21,22,23). The van der Waals surface area contributed by atoms with Crippen LogP contribution in [0, 0.1) is 0 Å². The Hall–Kier alpha value is -2.33. The van der Waals surface area contributed by atoms with E-state index in [9.17, 15) is 4.79 Å². The number of aryl methyl sites for hydroxylation is 2. The van der Waals surface area contributed by atoms with Crippen molar-refractivity contribution < 1.29 is 4.79 Å². The van der Waals surface area contributed by atoms with Crippen LogP contribution in [0.1, 0.15) is 30.0 Å². The third-order valence-corrected chi connectivity index (χ3v) is 4.35. The zero-order chi connectivity index (χ0) is 16.2. The summed E-state index contributed by atoms with van der Waals surface area (Å²) in [5, 5.41) is 5.76. The van der Waals surface area contributed by atoms with Crippen molar-refractivity contribution in [2.24, 2.45) is 5.73 Å². The largest absolute Gasteiger partial charge is 0.327 e. The summed E-state index contributed by atoms with van der Waals surface area (Å²) in [5.74, 6) is 0. The number of carbonyl (C=O) groups excluding carboxylic acids is 1. The number of carbonyl (C=O) groups is 1. The van der Waals surface area contributed by atoms with E-state index in [0.29, 0.717) is 0 Å². The summed E-state index contributed by atoms with van der Waals surface area (Å²) in [4.78, 5) is 12.1. The molecule has 0 aromatic heterocycles. The highest BCUT2D eigenvalue weighted by molar-refractivity contribution is 5.99. The molecule has 2 amide bonds. The van der Waals surface area contributed by atoms with Crippen LogP contribution in [0.3, 0.4) is 0 Å². The average Bonchev–Trinajstić information content (AvgIpc) is 2.55. The van der Waals surface area contributed by atoms with Crippen LogP contribution in [0.2, 0.25) is 0 Å². The van der Waals surface area contributed by atoms with Crippen LogP contribution >= 0.6 is 0 Å². The van der Waals surface area contributed by atoms with Gasteiger partial charge in [0.25, 0.3) is 0 Å². The van der Waals surface area contributed by atoms with E-state index >= 15 is 0 Å². The first-order valence-electron chi connectivity index (χ1n) is 8.18. The van der Waals surface area contributed by atoms with E-state index in [1.807, 2.05) is 30.3 Å². The molecule has 120 valence electrons. The van der Waals surface area contributed by atoms with Crippen LogP contribution in [0.5, 0.6) is 0 Å². The van der Waals surface area contributed by atoms with Crippen molar-refractivity contribution in [3.8, 4) is 0 Å². The summed E-state index contributed by atoms with van der Waals surface area (Å²) in [7, 11) is 0. The van der Waals surface area contributed by atoms with Crippen molar-refractivity contribution in [2.75, 3.05) is 10.6 Å². The predicted octanol–water partition coefficient (Wildman–Crippen LogP) is 3.71. The van der Waals surface area contributed by atoms with E-state index in [-0.39, 0.29) is 12.1 Å². The Morgan fingerprint density at radius 1 is 1.09 bits per heavy atom. The maximum absolute atomic E-state index is 12.1. The van der Waals surface area contributed by atoms with E-state index in [1.54, 1.807) is 0 Å². The first-order valence-corrected chi connectivity index (χ1v) is 8.18. The highest BCUT2D eigenvalue weighted by Crippen LogP contribution is 2.24. The summed E-state index contributed by atoms with van der Waals surface area (Å²) >= 11 is 0. The summed E-state index contributed by atoms with van der Waals surface area (Å²) in [5.41, 5.74) is 11.4. The van der Waals surface area contributed by atoms with E-state index in [1.165, 1.54) is 16.7 Å². The number of fused-ring (bicyclic) bond motifs is 1. The van der Waals surface area contributed by atoms with Gasteiger partial charge in [0.05, 0.1) is 0 Å². The first-order chi connectivity index (χ1) is 11.1. The minimum Gasteiger partial charge on any atom is -0.327 e. The molecule has 4 N–H and O–H groups in total. The Kier molecular flexibility index (Phi) is 4.63. The number of anilines is 2. The van der Waals surface area contributed by atoms with Crippen LogP contribution in [-0.2, 0) is 19.3 Å². The molecule has 1 unspecified atom stereocenters. The number of hydrogen-bond acceptors (Lipinski definition) is 2. The van der Waals surface area contributed by atoms with Gasteiger partial charge in [-0.1, -0.05) is 25.1 Å². The third kappa shape index (κ3) is 3.90. The van der Waals surface area contributed by atoms with Gasteiger partial charge in [0.2, 0.25) is 0 Å². The smallest absolute Gasteiger partial charge is 0.323 e. The summed E-state index contributed by atoms with van der Waals surface area (Å²) < 4.78 is 0. The van der Waals surface area contributed by atoms with Gasteiger partial charge < -0.3 is 16.4 Å². The van der Waals surface area contributed by atoms with Crippen molar-refractivity contribution in [1.29, 1.82) is 0 Å². The fourth-order valence-electron chi connectivity index (χ4n) is 2.98. The van der Waals surface area contributed by atoms with Gasteiger partial charge >= 0.3 is 6.03 Å². The van der Waals surface area contributed by atoms with Crippen molar-refractivity contribution in [3.05, 3.63) is 59.2 Å². The number of hydrogen-bond donors (Lipinski definition) is 3. The van der Waals surface area contributed by atoms with E-state index in [2.05, 4.69) is 29.7 Å². The Morgan fingerprint density at radius 3 is 2.52 bits per heavy atom. The van der Waals surface area contributed by atoms with E-state index in [0.717, 1.165) is 37.1 Å². The Balaban J connectivity index is 1.63. The van der Waals surface area contributed by atoms with Gasteiger partial charge in [0.15, 0.2) is 0 Å². The molecule has 0 fully saturated rings. The molecule has 23 heavy (non-hydrogen) atoms. The summed E-state index contributed by atoms with van der Waals surface area (Å²) in [6.45, 7) is 2.11. The molecular formula is C19H23N3O. The number of nitrogens with one attached hydrogen (secondary N) is 2. The molecule has 0 radical (unpaired) electrons. The number of nitrogens with two attached hydrogens (primary N) is 1. The summed E-state index contributed by atoms with van der Waals surface area (Å²) in [6, 6.07) is 14.0. The average molecular weight is 309 g/mol. The van der Waals surface area contributed by atoms with Crippen LogP contribution in [0.15, 0.2) is 42.5 Å². The lowest BCUT2D eigenvalue weighted by molar-refractivity contribution is 0.262. The van der Waals surface area contributed by atoms with Gasteiger partial charge in [-0.25, -0.2) is 4.79 Å². The minimum absolute atomic E-state index is 0.221. The molecule has 4 nitrogen and oxygen atoms in total. The second kappa shape index (κ2) is 6.84. The number of rotatable bonds is 3. The van der Waals surface area contributed by atoms with Crippen LogP contribution in [0.4, 0.5) is 16.2 Å². The van der Waals surface area contributed by atoms with Crippen molar-refractivity contribution in [2.45, 2.75) is 38.6 Å². The molecule has 0 spiro atoms. The van der Waals surface area contributed by atoms with Gasteiger partial charge in [-0.05, 0) is 66.6 Å². The SMILES string of the molecule is CCc1ccc(NC(=O)Nc2ccc3c(c2)CCC(N)C3)cc1. The van der Waals surface area contributed by atoms with Crippen molar-refractivity contribution >= 4 is 17.4 Å². The molecule has 0 aliphatic heterocycles. The lowest BCUT2D eigenvalue weighted by Crippen LogP contribution is -2.28. The molecule has 1 atom stereocenters. The fourth-order valence-corrected chi connectivity index (χ4v) is 2.98. The topological polar surface area (TPSA) is 67.2 Å². The minimum atomic E-state index is -0.221. The Morgan fingerprint density at radius 2 is 1.78 bits per heavy atom. The predicted molar refractivity (Wildman–Crippen MR) is 94.9 cm³/mol. The molecular weight excluding hydrogens is 286 g/mol. The first kappa shape index (κ1) is 15.6. The molecule has 4 heteroatoms. The highest BCUT2D eigenvalue weighted by Gasteiger charge is 2.15. The van der Waals surface area contributed by atoms with E-state index in [4.69, 9.17) is 5.73 Å². The van der Waals surface area contributed by atoms with Gasteiger partial charge in [0, 0.05) is 17.4 Å². The molecule has 2 aromatic rings. The normalized spacial score (nSPS) is 16.5. The van der Waals surface area contributed by atoms with E-state index < -0.39 is 0 Å². The van der Waals surface area contributed by atoms with Crippen molar-refractivity contribution in [3.63, 3.8) is 0 Å². The Labute approximate surface area is 137 Å². The number of urea groups is 1. The maximum atomic E-state index is 12.1. The molecule has 1 aliphatic carbocycles. The highest BCUT2D eigenvalue weighted by atomic mass is 16.2. The molecule has 0 saturated heterocycles. The van der Waals surface area contributed by atoms with Gasteiger partial charge in [0.1, 0.15) is 0 Å². The third-order valence-electron chi connectivity index (χ3n) is 4.35. The maximum Gasteiger partial charge on any atom is 0.323 e. The van der Waals surface area contributed by atoms with Crippen LogP contribution in [0.25, 0.3) is 0 Å². The van der Waals surface area contributed by atoms with Crippen molar-refractivity contribution in [1.82, 2.24) is 0 Å². The summed E-state index contributed by atoms with van der Waals surface area (Å²) in [6.07, 6.45) is 3.90. The number of amides is 2. The van der Waals surface area contributed by atoms with Gasteiger partial charge in [-0.15, -0.1) is 0 Å². The van der Waals surface area contributed by atoms with Crippen LogP contribution < -0.4 is 16.4 Å². The zero-order valence-electron chi connectivity index (χ0n) is 13.4. The number of benzene rings is 2. The second-order valence-corrected chi connectivity index (χ2v) is 6.12. The second-order valence-electron chi connectivity index (χ2n) is 6.12. The lowest BCUT2D eigenvalue weighted by Gasteiger charge is -2.22. The lowest BCUT2D eigenvalue weighted by atomic mass is 9.88.